The van der Waals surface area contributed by atoms with Gasteiger partial charge < -0.3 is 0 Å². The Bertz CT molecular complexity index is 817. The van der Waals surface area contributed by atoms with Gasteiger partial charge in [0.05, 0.1) is 10.6 Å². The van der Waals surface area contributed by atoms with E-state index in [1.54, 1.807) is 28.9 Å². The van der Waals surface area contributed by atoms with Crippen LogP contribution in [-0.2, 0) is 0 Å². The molecule has 0 fully saturated rings. The van der Waals surface area contributed by atoms with Crippen LogP contribution < -0.4 is 0 Å². The van der Waals surface area contributed by atoms with Gasteiger partial charge in [-0.05, 0) is 11.8 Å². The normalized spacial score (nSPS) is 10.9. The number of nitro groups is 1. The van der Waals surface area contributed by atoms with Crippen molar-refractivity contribution >= 4 is 23.2 Å². The molecule has 0 unspecified atom stereocenters. The van der Waals surface area contributed by atoms with Gasteiger partial charge in [0, 0.05) is 23.9 Å². The number of non-ortho nitro benzene ring substituents is 1. The van der Waals surface area contributed by atoms with E-state index >= 15 is 0 Å². The summed E-state index contributed by atoms with van der Waals surface area (Å²) in [6, 6.07) is 8.19. The highest BCUT2D eigenvalue weighted by Crippen LogP contribution is 2.24. The van der Waals surface area contributed by atoms with Crippen LogP contribution in [0.2, 0.25) is 0 Å². The topological polar surface area (TPSA) is 86.2 Å². The van der Waals surface area contributed by atoms with Crippen LogP contribution in [0, 0.1) is 10.1 Å². The van der Waals surface area contributed by atoms with Crippen LogP contribution >= 0.6 is 11.8 Å². The molecule has 1 aromatic carbocycles. The van der Waals surface area contributed by atoms with Gasteiger partial charge in [0.2, 0.25) is 5.16 Å². The summed E-state index contributed by atoms with van der Waals surface area (Å²) < 4.78 is 1.61. The molecule has 0 radical (unpaired) electrons. The fourth-order valence-corrected chi connectivity index (χ4v) is 2.51. The molecule has 0 amide bonds. The van der Waals surface area contributed by atoms with Crippen LogP contribution in [0.15, 0.2) is 41.7 Å². The smallest absolute Gasteiger partial charge is 0.258 e. The Morgan fingerprint density at radius 3 is 3.00 bits per heavy atom. The van der Waals surface area contributed by atoms with Crippen LogP contribution in [0.25, 0.3) is 17.0 Å². The Hall–Kier alpha value is -2.48. The number of benzene rings is 1. The van der Waals surface area contributed by atoms with Crippen LogP contribution in [0.5, 0.6) is 0 Å². The van der Waals surface area contributed by atoms with Crippen LogP contribution in [-0.4, -0.2) is 30.3 Å². The van der Waals surface area contributed by atoms with E-state index in [9.17, 15) is 10.1 Å². The largest absolute Gasteiger partial charge is 0.270 e. The van der Waals surface area contributed by atoms with Crippen LogP contribution in [0.1, 0.15) is 6.92 Å². The molecule has 0 spiro atoms. The lowest BCUT2D eigenvalue weighted by Crippen LogP contribution is -1.96. The second kappa shape index (κ2) is 5.49. The third kappa shape index (κ3) is 2.57. The summed E-state index contributed by atoms with van der Waals surface area (Å²) in [6.45, 7) is 2.02. The maximum Gasteiger partial charge on any atom is 0.270 e. The van der Waals surface area contributed by atoms with Gasteiger partial charge in [-0.15, -0.1) is 5.10 Å². The first-order valence-corrected chi connectivity index (χ1v) is 7.27. The number of rotatable bonds is 4. The van der Waals surface area contributed by atoms with Gasteiger partial charge in [0.15, 0.2) is 0 Å². The molecular weight excluding hydrogens is 290 g/mol. The molecule has 7 nitrogen and oxygen atoms in total. The molecule has 21 heavy (non-hydrogen) atoms. The van der Waals surface area contributed by atoms with Gasteiger partial charge in [-0.2, -0.15) is 9.50 Å². The maximum absolute atomic E-state index is 10.9. The number of thioether (sulfide) groups is 1. The highest BCUT2D eigenvalue weighted by atomic mass is 32.2. The Morgan fingerprint density at radius 2 is 2.24 bits per heavy atom. The van der Waals surface area contributed by atoms with E-state index in [1.807, 2.05) is 6.92 Å². The molecule has 2 heterocycles. The Kier molecular flexibility index (Phi) is 3.53. The zero-order valence-electron chi connectivity index (χ0n) is 11.1. The summed E-state index contributed by atoms with van der Waals surface area (Å²) in [5.41, 5.74) is 1.47. The molecule has 0 N–H and O–H groups in total. The third-order valence-electron chi connectivity index (χ3n) is 2.85. The quantitative estimate of drug-likeness (QED) is 0.418. The van der Waals surface area contributed by atoms with Gasteiger partial charge in [0.1, 0.15) is 0 Å². The molecule has 8 heteroatoms. The first kappa shape index (κ1) is 13.5. The van der Waals surface area contributed by atoms with Crippen molar-refractivity contribution in [3.63, 3.8) is 0 Å². The lowest BCUT2D eigenvalue weighted by atomic mass is 10.1. The lowest BCUT2D eigenvalue weighted by Gasteiger charge is -2.03. The average molecular weight is 301 g/mol. The SMILES string of the molecule is CCSc1nc2nccc(-c3cccc([N+](=O)[O-])c3)n2n1. The molecule has 3 aromatic rings. The maximum atomic E-state index is 10.9. The van der Waals surface area contributed by atoms with E-state index in [2.05, 4.69) is 15.1 Å². The lowest BCUT2D eigenvalue weighted by molar-refractivity contribution is -0.384. The van der Waals surface area contributed by atoms with Gasteiger partial charge >= 0.3 is 0 Å². The predicted molar refractivity (Wildman–Crippen MR) is 79.3 cm³/mol. The number of fused-ring (bicyclic) bond motifs is 1. The molecule has 106 valence electrons. The van der Waals surface area contributed by atoms with Gasteiger partial charge in [0.25, 0.3) is 11.5 Å². The molecule has 3 rings (SSSR count). The summed E-state index contributed by atoms with van der Waals surface area (Å²) in [7, 11) is 0. The highest BCUT2D eigenvalue weighted by molar-refractivity contribution is 7.99. The Labute approximate surface area is 124 Å². The van der Waals surface area contributed by atoms with Crippen molar-refractivity contribution in [2.45, 2.75) is 12.1 Å². The van der Waals surface area contributed by atoms with Crippen LogP contribution in [0.3, 0.4) is 0 Å². The van der Waals surface area contributed by atoms with Gasteiger partial charge in [-0.3, -0.25) is 10.1 Å². The van der Waals surface area contributed by atoms with Crippen LogP contribution in [0.4, 0.5) is 5.69 Å². The number of nitro benzene ring substituents is 1. The Balaban J connectivity index is 2.15. The summed E-state index contributed by atoms with van der Waals surface area (Å²) in [5.74, 6) is 1.35. The van der Waals surface area contributed by atoms with E-state index < -0.39 is 4.92 Å². The molecular formula is C13H11N5O2S. The van der Waals surface area contributed by atoms with Crippen molar-refractivity contribution in [2.75, 3.05) is 5.75 Å². The first-order valence-electron chi connectivity index (χ1n) is 6.28. The molecule has 2 aromatic heterocycles. The molecule has 0 aliphatic carbocycles. The molecule has 0 aliphatic heterocycles. The van der Waals surface area contributed by atoms with Crippen molar-refractivity contribution in [2.24, 2.45) is 0 Å². The molecule has 0 saturated carbocycles. The molecule has 0 aliphatic rings. The van der Waals surface area contributed by atoms with Gasteiger partial charge in [-0.1, -0.05) is 30.8 Å². The minimum absolute atomic E-state index is 0.0423. The summed E-state index contributed by atoms with van der Waals surface area (Å²) in [4.78, 5) is 19.0. The zero-order valence-corrected chi connectivity index (χ0v) is 11.9. The van der Waals surface area contributed by atoms with E-state index in [0.717, 1.165) is 11.4 Å². The van der Waals surface area contributed by atoms with Crippen molar-refractivity contribution in [1.82, 2.24) is 19.6 Å². The predicted octanol–water partition coefficient (Wildman–Crippen LogP) is 2.81. The van der Waals surface area contributed by atoms with Crippen molar-refractivity contribution in [3.05, 3.63) is 46.6 Å². The number of nitrogens with zero attached hydrogens (tertiary/aromatic N) is 5. The summed E-state index contributed by atoms with van der Waals surface area (Å²) >= 11 is 1.52. The third-order valence-corrected chi connectivity index (χ3v) is 3.57. The van der Waals surface area contributed by atoms with E-state index in [1.165, 1.54) is 23.9 Å². The average Bonchev–Trinajstić information content (AvgIpc) is 2.90. The number of aromatic nitrogens is 4. The molecule has 0 bridgehead atoms. The van der Waals surface area contributed by atoms with Crippen molar-refractivity contribution in [3.8, 4) is 11.3 Å². The van der Waals surface area contributed by atoms with Crippen molar-refractivity contribution < 1.29 is 4.92 Å². The fourth-order valence-electron chi connectivity index (χ4n) is 1.96. The Morgan fingerprint density at radius 1 is 1.38 bits per heavy atom. The second-order valence-electron chi connectivity index (χ2n) is 4.18. The first-order chi connectivity index (χ1) is 10.2. The monoisotopic (exact) mass is 301 g/mol. The zero-order chi connectivity index (χ0) is 14.8. The minimum atomic E-state index is -0.415. The number of hydrogen-bond acceptors (Lipinski definition) is 6. The van der Waals surface area contributed by atoms with Crippen molar-refractivity contribution in [1.29, 1.82) is 0 Å². The van der Waals surface area contributed by atoms with E-state index in [4.69, 9.17) is 0 Å². The van der Waals surface area contributed by atoms with Gasteiger partial charge in [-0.25, -0.2) is 4.98 Å². The van der Waals surface area contributed by atoms with E-state index in [0.29, 0.717) is 16.5 Å². The minimum Gasteiger partial charge on any atom is -0.258 e. The number of hydrogen-bond donors (Lipinski definition) is 0. The summed E-state index contributed by atoms with van der Waals surface area (Å²) in [5, 5.41) is 15.9. The standard InChI is InChI=1S/C13H11N5O2S/c1-2-21-13-15-12-14-7-6-11(17(12)16-13)9-4-3-5-10(8-9)18(19)20/h3-8H,2H2,1H3. The van der Waals surface area contributed by atoms with E-state index in [-0.39, 0.29) is 5.69 Å². The summed E-state index contributed by atoms with van der Waals surface area (Å²) in [6.07, 6.45) is 1.62. The second-order valence-corrected chi connectivity index (χ2v) is 5.41. The highest BCUT2D eigenvalue weighted by Gasteiger charge is 2.12. The molecule has 0 saturated heterocycles. The molecule has 0 atom stereocenters. The fraction of sp³-hybridized carbons (Fsp3) is 0.154.